The van der Waals surface area contributed by atoms with Crippen LogP contribution in [0.3, 0.4) is 0 Å². The fourth-order valence-electron chi connectivity index (χ4n) is 4.06. The van der Waals surface area contributed by atoms with Gasteiger partial charge in [-0.2, -0.15) is 13.2 Å². The van der Waals surface area contributed by atoms with Crippen LogP contribution in [0.25, 0.3) is 0 Å². The predicted octanol–water partition coefficient (Wildman–Crippen LogP) is 3.13. The van der Waals surface area contributed by atoms with E-state index in [4.69, 9.17) is 14.6 Å². The quantitative estimate of drug-likeness (QED) is 0.733. The van der Waals surface area contributed by atoms with E-state index in [-0.39, 0.29) is 17.9 Å². The van der Waals surface area contributed by atoms with Gasteiger partial charge in [0.2, 0.25) is 5.91 Å². The van der Waals surface area contributed by atoms with Gasteiger partial charge in [-0.05, 0) is 44.1 Å². The first-order chi connectivity index (χ1) is 14.6. The van der Waals surface area contributed by atoms with Gasteiger partial charge in [-0.25, -0.2) is 4.79 Å². The SMILES string of the molecule is Cc1ccc(CN2C[C@@H](C(=O)NCC3CC3)C[C@H]3OCC[C@H]32)cc1.O=C(O)C(F)(F)F. The Morgan fingerprint density at radius 2 is 1.84 bits per heavy atom. The Morgan fingerprint density at radius 1 is 1.19 bits per heavy atom. The Kier molecular flexibility index (Phi) is 7.59. The number of carboxylic acids is 1. The first kappa shape index (κ1) is 23.5. The molecule has 3 atom stereocenters. The maximum Gasteiger partial charge on any atom is 0.490 e. The van der Waals surface area contributed by atoms with E-state index in [9.17, 15) is 18.0 Å². The highest BCUT2D eigenvalue weighted by atomic mass is 19.4. The van der Waals surface area contributed by atoms with Gasteiger partial charge in [-0.1, -0.05) is 29.8 Å². The molecule has 0 bridgehead atoms. The van der Waals surface area contributed by atoms with E-state index in [0.29, 0.717) is 6.04 Å². The van der Waals surface area contributed by atoms with Gasteiger partial charge in [0.1, 0.15) is 0 Å². The van der Waals surface area contributed by atoms with Crippen LogP contribution in [-0.2, 0) is 20.9 Å². The highest BCUT2D eigenvalue weighted by Gasteiger charge is 2.42. The van der Waals surface area contributed by atoms with Crippen LogP contribution in [-0.4, -0.2) is 59.9 Å². The van der Waals surface area contributed by atoms with Crippen molar-refractivity contribution in [2.24, 2.45) is 11.8 Å². The molecule has 9 heteroatoms. The number of carbonyl (C=O) groups is 2. The van der Waals surface area contributed by atoms with Crippen LogP contribution in [0.2, 0.25) is 0 Å². The van der Waals surface area contributed by atoms with E-state index in [1.807, 2.05) is 0 Å². The molecule has 3 fully saturated rings. The summed E-state index contributed by atoms with van der Waals surface area (Å²) < 4.78 is 37.7. The van der Waals surface area contributed by atoms with Crippen LogP contribution < -0.4 is 5.32 Å². The van der Waals surface area contributed by atoms with Gasteiger partial charge in [-0.15, -0.1) is 0 Å². The van der Waals surface area contributed by atoms with Crippen molar-refractivity contribution in [1.82, 2.24) is 10.2 Å². The summed E-state index contributed by atoms with van der Waals surface area (Å²) in [5.41, 5.74) is 2.61. The summed E-state index contributed by atoms with van der Waals surface area (Å²) >= 11 is 0. The van der Waals surface area contributed by atoms with Crippen molar-refractivity contribution >= 4 is 11.9 Å². The summed E-state index contributed by atoms with van der Waals surface area (Å²) in [6.45, 7) is 5.58. The van der Waals surface area contributed by atoms with Crippen molar-refractivity contribution < 1.29 is 32.6 Å². The third-order valence-corrected chi connectivity index (χ3v) is 6.00. The minimum atomic E-state index is -5.08. The molecule has 0 aromatic heterocycles. The molecular formula is C22H29F3N2O4. The number of alkyl halides is 3. The molecule has 0 unspecified atom stereocenters. The van der Waals surface area contributed by atoms with E-state index in [2.05, 4.69) is 41.4 Å². The fraction of sp³-hybridized carbons (Fsp3) is 0.636. The Hall–Kier alpha value is -2.13. The second kappa shape index (κ2) is 9.99. The number of nitrogens with zero attached hydrogens (tertiary/aromatic N) is 1. The number of fused-ring (bicyclic) bond motifs is 1. The molecule has 2 N–H and O–H groups in total. The maximum atomic E-state index is 12.6. The molecule has 2 heterocycles. The zero-order valence-corrected chi connectivity index (χ0v) is 17.5. The number of piperidine rings is 1. The number of benzene rings is 1. The predicted molar refractivity (Wildman–Crippen MR) is 107 cm³/mol. The van der Waals surface area contributed by atoms with E-state index in [1.54, 1.807) is 0 Å². The zero-order valence-electron chi connectivity index (χ0n) is 17.5. The van der Waals surface area contributed by atoms with Crippen molar-refractivity contribution in [2.75, 3.05) is 19.7 Å². The van der Waals surface area contributed by atoms with Crippen molar-refractivity contribution in [3.63, 3.8) is 0 Å². The zero-order chi connectivity index (χ0) is 22.6. The Morgan fingerprint density at radius 3 is 2.42 bits per heavy atom. The Labute approximate surface area is 179 Å². The van der Waals surface area contributed by atoms with Gasteiger partial charge < -0.3 is 15.2 Å². The lowest BCUT2D eigenvalue weighted by atomic mass is 9.89. The third-order valence-electron chi connectivity index (χ3n) is 6.00. The molecule has 1 saturated carbocycles. The molecule has 6 nitrogen and oxygen atoms in total. The summed E-state index contributed by atoms with van der Waals surface area (Å²) in [6, 6.07) is 9.22. The highest BCUT2D eigenvalue weighted by Crippen LogP contribution is 2.33. The number of ether oxygens (including phenoxy) is 1. The molecule has 1 aliphatic carbocycles. The maximum absolute atomic E-state index is 12.6. The first-order valence-electron chi connectivity index (χ1n) is 10.6. The lowest BCUT2D eigenvalue weighted by Crippen LogP contribution is -2.52. The number of amides is 1. The summed E-state index contributed by atoms with van der Waals surface area (Å²) in [5.74, 6) is -1.73. The average molecular weight is 442 g/mol. The Balaban J connectivity index is 0.000000339. The number of aryl methyl sites for hydroxylation is 1. The normalized spacial score (nSPS) is 25.9. The van der Waals surface area contributed by atoms with E-state index < -0.39 is 12.1 Å². The number of hydrogen-bond acceptors (Lipinski definition) is 4. The molecule has 2 aliphatic heterocycles. The van der Waals surface area contributed by atoms with Gasteiger partial charge in [0.25, 0.3) is 0 Å². The summed E-state index contributed by atoms with van der Waals surface area (Å²) in [4.78, 5) is 23.9. The molecule has 0 spiro atoms. The van der Waals surface area contributed by atoms with Crippen LogP contribution in [0.4, 0.5) is 13.2 Å². The number of rotatable bonds is 5. The number of aliphatic carboxylic acids is 1. The number of hydrogen-bond donors (Lipinski definition) is 2. The molecule has 4 rings (SSSR count). The molecule has 31 heavy (non-hydrogen) atoms. The molecule has 172 valence electrons. The second-order valence-electron chi connectivity index (χ2n) is 8.60. The summed E-state index contributed by atoms with van der Waals surface area (Å²) in [5, 5.41) is 10.3. The molecule has 3 aliphatic rings. The van der Waals surface area contributed by atoms with Crippen molar-refractivity contribution in [2.45, 2.75) is 57.5 Å². The number of halogens is 3. The van der Waals surface area contributed by atoms with Crippen LogP contribution in [0.15, 0.2) is 24.3 Å². The fourth-order valence-corrected chi connectivity index (χ4v) is 4.06. The second-order valence-corrected chi connectivity index (χ2v) is 8.60. The highest BCUT2D eigenvalue weighted by molar-refractivity contribution is 5.79. The van der Waals surface area contributed by atoms with Gasteiger partial charge in [-0.3, -0.25) is 9.69 Å². The molecular weight excluding hydrogens is 413 g/mol. The molecule has 0 radical (unpaired) electrons. The van der Waals surface area contributed by atoms with Gasteiger partial charge in [0, 0.05) is 32.3 Å². The van der Waals surface area contributed by atoms with Gasteiger partial charge in [0.15, 0.2) is 0 Å². The lowest BCUT2D eigenvalue weighted by Gasteiger charge is -2.40. The first-order valence-corrected chi connectivity index (χ1v) is 10.6. The number of nitrogens with one attached hydrogen (secondary N) is 1. The molecule has 2 saturated heterocycles. The molecule has 1 aromatic rings. The average Bonchev–Trinajstić information content (AvgIpc) is 3.42. The number of carboxylic acid groups (broad SMARTS) is 1. The van der Waals surface area contributed by atoms with Gasteiger partial charge >= 0.3 is 12.1 Å². The third kappa shape index (κ3) is 6.93. The van der Waals surface area contributed by atoms with Crippen LogP contribution in [0.1, 0.15) is 36.8 Å². The molecule has 1 amide bonds. The Bertz CT molecular complexity index is 765. The van der Waals surface area contributed by atoms with Crippen LogP contribution in [0, 0.1) is 18.8 Å². The summed E-state index contributed by atoms with van der Waals surface area (Å²) in [7, 11) is 0. The van der Waals surface area contributed by atoms with E-state index >= 15 is 0 Å². The van der Waals surface area contributed by atoms with Crippen LogP contribution in [0.5, 0.6) is 0 Å². The monoisotopic (exact) mass is 442 g/mol. The number of likely N-dealkylation sites (tertiary alicyclic amines) is 1. The lowest BCUT2D eigenvalue weighted by molar-refractivity contribution is -0.192. The van der Waals surface area contributed by atoms with Crippen molar-refractivity contribution in [3.05, 3.63) is 35.4 Å². The topological polar surface area (TPSA) is 78.9 Å². The van der Waals surface area contributed by atoms with Gasteiger partial charge in [0.05, 0.1) is 12.0 Å². The van der Waals surface area contributed by atoms with Crippen molar-refractivity contribution in [3.8, 4) is 0 Å². The van der Waals surface area contributed by atoms with E-state index in [1.165, 1.54) is 24.0 Å². The smallest absolute Gasteiger partial charge is 0.475 e. The van der Waals surface area contributed by atoms with Crippen LogP contribution >= 0.6 is 0 Å². The largest absolute Gasteiger partial charge is 0.490 e. The minimum absolute atomic E-state index is 0.0635. The standard InChI is InChI=1S/C20H28N2O2.C2HF3O2/c1-14-2-4-16(5-3-14)12-22-13-17(10-19-18(22)8-9-24-19)20(23)21-11-15-6-7-15;3-2(4,5)1(6)7/h2-5,15,17-19H,6-13H2,1H3,(H,21,23);(H,6,7)/t17-,18+,19+;/m0./s1. The minimum Gasteiger partial charge on any atom is -0.475 e. The van der Waals surface area contributed by atoms with Crippen molar-refractivity contribution in [1.29, 1.82) is 0 Å². The van der Waals surface area contributed by atoms with E-state index in [0.717, 1.165) is 45.0 Å². The molecule has 1 aromatic carbocycles. The number of carbonyl (C=O) groups excluding carboxylic acids is 1. The summed E-state index contributed by atoms with van der Waals surface area (Å²) in [6.07, 6.45) is -0.337.